The van der Waals surface area contributed by atoms with Crippen LogP contribution in [0.3, 0.4) is 0 Å². The Morgan fingerprint density at radius 1 is 0.739 bits per heavy atom. The van der Waals surface area contributed by atoms with Crippen LogP contribution in [0.15, 0.2) is 36.4 Å². The van der Waals surface area contributed by atoms with Gasteiger partial charge in [-0.2, -0.15) is 0 Å². The summed E-state index contributed by atoms with van der Waals surface area (Å²) >= 11 is 0. The van der Waals surface area contributed by atoms with Gasteiger partial charge in [-0.25, -0.2) is 0 Å². The smallest absolute Gasteiger partial charge is 0.0500 e. The zero-order valence-corrected chi connectivity index (χ0v) is 14.6. The van der Waals surface area contributed by atoms with E-state index < -0.39 is 0 Å². The Bertz CT molecular complexity index is 766. The van der Waals surface area contributed by atoms with E-state index in [2.05, 4.69) is 55.2 Å². The number of aromatic amines is 1. The summed E-state index contributed by atoms with van der Waals surface area (Å²) in [5.41, 5.74) is 5.79. The molecule has 0 aliphatic heterocycles. The van der Waals surface area contributed by atoms with Gasteiger partial charge in [0.25, 0.3) is 0 Å². The fraction of sp³-hybridized carbons (Fsp3) is 0.455. The van der Waals surface area contributed by atoms with Crippen LogP contribution in [0.5, 0.6) is 0 Å². The van der Waals surface area contributed by atoms with Gasteiger partial charge in [0.2, 0.25) is 0 Å². The van der Waals surface area contributed by atoms with Crippen molar-refractivity contribution < 1.29 is 0 Å². The molecule has 0 saturated carbocycles. The molecule has 0 spiro atoms. The van der Waals surface area contributed by atoms with Gasteiger partial charge < -0.3 is 4.98 Å². The maximum absolute atomic E-state index is 3.70. The molecule has 0 aliphatic rings. The van der Waals surface area contributed by atoms with Crippen LogP contribution in [-0.4, -0.2) is 4.98 Å². The van der Waals surface area contributed by atoms with Crippen molar-refractivity contribution in [2.24, 2.45) is 0 Å². The van der Waals surface area contributed by atoms with E-state index in [0.29, 0.717) is 0 Å². The molecule has 0 radical (unpaired) electrons. The minimum Gasteiger partial charge on any atom is -0.354 e. The fourth-order valence-electron chi connectivity index (χ4n) is 3.66. The summed E-state index contributed by atoms with van der Waals surface area (Å²) in [6, 6.07) is 13.4. The predicted octanol–water partition coefficient (Wildman–Crippen LogP) is 6.79. The molecular weight excluding hydrogens is 278 g/mol. The summed E-state index contributed by atoms with van der Waals surface area (Å²) in [5, 5.41) is 2.76. The molecule has 1 N–H and O–H groups in total. The topological polar surface area (TPSA) is 15.8 Å². The third-order valence-electron chi connectivity index (χ3n) is 4.97. The van der Waals surface area contributed by atoms with Crippen molar-refractivity contribution in [3.05, 3.63) is 47.5 Å². The number of fused-ring (bicyclic) bond motifs is 3. The normalized spacial score (nSPS) is 11.6. The third-order valence-corrected chi connectivity index (χ3v) is 4.97. The Hall–Kier alpha value is -1.76. The van der Waals surface area contributed by atoms with E-state index in [0.717, 1.165) is 0 Å². The van der Waals surface area contributed by atoms with Crippen molar-refractivity contribution in [3.8, 4) is 0 Å². The molecule has 0 unspecified atom stereocenters. The Labute approximate surface area is 140 Å². The van der Waals surface area contributed by atoms with Crippen molar-refractivity contribution in [2.75, 3.05) is 0 Å². The molecule has 0 bridgehead atoms. The minimum atomic E-state index is 1.21. The summed E-state index contributed by atoms with van der Waals surface area (Å²) in [6.45, 7) is 4.56. The van der Waals surface area contributed by atoms with Crippen molar-refractivity contribution in [3.63, 3.8) is 0 Å². The largest absolute Gasteiger partial charge is 0.354 e. The van der Waals surface area contributed by atoms with Crippen LogP contribution in [0.25, 0.3) is 21.8 Å². The fourth-order valence-corrected chi connectivity index (χ4v) is 3.66. The van der Waals surface area contributed by atoms with Gasteiger partial charge in [-0.3, -0.25) is 0 Å². The lowest BCUT2D eigenvalue weighted by molar-refractivity contribution is 0.695. The standard InChI is InChI=1S/C22H29N/c1-3-5-7-11-17-15-16-20-19-13-9-10-14-21(19)23-22(20)18(17)12-8-6-4-2/h9-10,13-16,23H,3-8,11-12H2,1-2H3. The van der Waals surface area contributed by atoms with Crippen LogP contribution >= 0.6 is 0 Å². The van der Waals surface area contributed by atoms with Gasteiger partial charge in [-0.15, -0.1) is 0 Å². The lowest BCUT2D eigenvalue weighted by Gasteiger charge is -2.11. The second-order valence-corrected chi connectivity index (χ2v) is 6.71. The van der Waals surface area contributed by atoms with Crippen LogP contribution in [0.4, 0.5) is 0 Å². The molecule has 1 nitrogen and oxygen atoms in total. The summed E-state index contributed by atoms with van der Waals surface area (Å²) in [5.74, 6) is 0. The maximum Gasteiger partial charge on any atom is 0.0500 e. The Kier molecular flexibility index (Phi) is 5.38. The van der Waals surface area contributed by atoms with Crippen molar-refractivity contribution in [2.45, 2.75) is 65.2 Å². The molecule has 0 fully saturated rings. The van der Waals surface area contributed by atoms with Crippen molar-refractivity contribution >= 4 is 21.8 Å². The van der Waals surface area contributed by atoms with Gasteiger partial charge in [0.1, 0.15) is 0 Å². The molecule has 0 amide bonds. The number of unbranched alkanes of at least 4 members (excludes halogenated alkanes) is 4. The van der Waals surface area contributed by atoms with Gasteiger partial charge in [0, 0.05) is 21.8 Å². The molecule has 1 heteroatoms. The van der Waals surface area contributed by atoms with Gasteiger partial charge in [0.05, 0.1) is 0 Å². The molecule has 122 valence electrons. The highest BCUT2D eigenvalue weighted by molar-refractivity contribution is 6.08. The van der Waals surface area contributed by atoms with Gasteiger partial charge in [0.15, 0.2) is 0 Å². The summed E-state index contributed by atoms with van der Waals surface area (Å²) < 4.78 is 0. The molecule has 1 aromatic heterocycles. The number of hydrogen-bond acceptors (Lipinski definition) is 0. The van der Waals surface area contributed by atoms with E-state index in [1.165, 1.54) is 73.2 Å². The SMILES string of the molecule is CCCCCc1ccc2c([nH]c3ccccc32)c1CCCCC. The quantitative estimate of drug-likeness (QED) is 0.441. The first-order valence-corrected chi connectivity index (χ1v) is 9.36. The van der Waals surface area contributed by atoms with Crippen molar-refractivity contribution in [1.82, 2.24) is 4.98 Å². The Morgan fingerprint density at radius 3 is 2.26 bits per heavy atom. The zero-order valence-electron chi connectivity index (χ0n) is 14.6. The average molecular weight is 307 g/mol. The van der Waals surface area contributed by atoms with Crippen LogP contribution < -0.4 is 0 Å². The molecule has 2 aromatic carbocycles. The lowest BCUT2D eigenvalue weighted by Crippen LogP contribution is -1.97. The first-order chi connectivity index (χ1) is 11.3. The molecule has 0 saturated heterocycles. The molecular formula is C22H29N. The minimum absolute atomic E-state index is 1.21. The van der Waals surface area contributed by atoms with Crippen LogP contribution in [-0.2, 0) is 12.8 Å². The summed E-state index contributed by atoms with van der Waals surface area (Å²) in [7, 11) is 0. The third kappa shape index (κ3) is 3.44. The van der Waals surface area contributed by atoms with Gasteiger partial charge >= 0.3 is 0 Å². The number of aryl methyl sites for hydroxylation is 2. The number of nitrogens with one attached hydrogen (secondary N) is 1. The Balaban J connectivity index is 2.03. The van der Waals surface area contributed by atoms with Gasteiger partial charge in [-0.05, 0) is 42.9 Å². The highest BCUT2D eigenvalue weighted by Crippen LogP contribution is 2.31. The van der Waals surface area contributed by atoms with E-state index >= 15 is 0 Å². The number of rotatable bonds is 8. The molecule has 1 heterocycles. The number of para-hydroxylation sites is 1. The Morgan fingerprint density at radius 2 is 1.48 bits per heavy atom. The number of H-pyrrole nitrogens is 1. The predicted molar refractivity (Wildman–Crippen MR) is 102 cm³/mol. The van der Waals surface area contributed by atoms with E-state index in [9.17, 15) is 0 Å². The van der Waals surface area contributed by atoms with Crippen LogP contribution in [0.2, 0.25) is 0 Å². The number of benzene rings is 2. The zero-order chi connectivity index (χ0) is 16.1. The molecule has 3 rings (SSSR count). The van der Waals surface area contributed by atoms with E-state index in [-0.39, 0.29) is 0 Å². The molecule has 23 heavy (non-hydrogen) atoms. The second-order valence-electron chi connectivity index (χ2n) is 6.71. The van der Waals surface area contributed by atoms with E-state index in [1.807, 2.05) is 0 Å². The van der Waals surface area contributed by atoms with E-state index in [4.69, 9.17) is 0 Å². The number of aromatic nitrogens is 1. The average Bonchev–Trinajstić information content (AvgIpc) is 2.95. The van der Waals surface area contributed by atoms with Crippen molar-refractivity contribution in [1.29, 1.82) is 0 Å². The molecule has 0 atom stereocenters. The molecule has 3 aromatic rings. The molecule has 0 aliphatic carbocycles. The summed E-state index contributed by atoms with van der Waals surface area (Å²) in [4.78, 5) is 3.70. The van der Waals surface area contributed by atoms with Crippen LogP contribution in [0, 0.1) is 0 Å². The second kappa shape index (κ2) is 7.68. The maximum atomic E-state index is 3.70. The highest BCUT2D eigenvalue weighted by atomic mass is 14.7. The van der Waals surface area contributed by atoms with E-state index in [1.54, 1.807) is 11.1 Å². The highest BCUT2D eigenvalue weighted by Gasteiger charge is 2.12. The van der Waals surface area contributed by atoms with Crippen LogP contribution in [0.1, 0.15) is 63.5 Å². The lowest BCUT2D eigenvalue weighted by atomic mass is 9.94. The van der Waals surface area contributed by atoms with Gasteiger partial charge in [-0.1, -0.05) is 69.9 Å². The summed E-state index contributed by atoms with van der Waals surface area (Å²) in [6.07, 6.45) is 10.3. The number of hydrogen-bond donors (Lipinski definition) is 1. The first-order valence-electron chi connectivity index (χ1n) is 9.36. The monoisotopic (exact) mass is 307 g/mol. The first kappa shape index (κ1) is 16.1.